The van der Waals surface area contributed by atoms with Crippen molar-refractivity contribution in [3.63, 3.8) is 0 Å². The van der Waals surface area contributed by atoms with Gasteiger partial charge in [0.1, 0.15) is 16.9 Å². The summed E-state index contributed by atoms with van der Waals surface area (Å²) in [6.45, 7) is 0. The maximum atomic E-state index is 12.0. The van der Waals surface area contributed by atoms with Gasteiger partial charge in [-0.2, -0.15) is 5.10 Å². The van der Waals surface area contributed by atoms with Crippen LogP contribution in [0, 0.1) is 0 Å². The lowest BCUT2D eigenvalue weighted by atomic mass is 10.1. The van der Waals surface area contributed by atoms with Crippen molar-refractivity contribution in [2.45, 2.75) is 0 Å². The van der Waals surface area contributed by atoms with Crippen LogP contribution in [0.15, 0.2) is 62.9 Å². The maximum absolute atomic E-state index is 12.0. The lowest BCUT2D eigenvalue weighted by molar-refractivity contribution is 0.466. The molecule has 2 aromatic heterocycles. The van der Waals surface area contributed by atoms with Crippen LogP contribution < -0.4 is 5.63 Å². The minimum atomic E-state index is -0.632. The minimum absolute atomic E-state index is 0.0217. The van der Waals surface area contributed by atoms with E-state index in [-0.39, 0.29) is 11.3 Å². The van der Waals surface area contributed by atoms with E-state index in [1.54, 1.807) is 42.6 Å². The molecule has 0 aliphatic carbocycles. The van der Waals surface area contributed by atoms with Crippen molar-refractivity contribution in [2.24, 2.45) is 4.99 Å². The number of nitrogens with one attached hydrogen (secondary N) is 1. The predicted molar refractivity (Wildman–Crippen MR) is 87.5 cm³/mol. The van der Waals surface area contributed by atoms with Crippen molar-refractivity contribution in [3.05, 3.63) is 64.6 Å². The third-order valence-corrected chi connectivity index (χ3v) is 3.59. The molecule has 0 atom stereocenters. The molecule has 0 fully saturated rings. The molecule has 0 unspecified atom stereocenters. The summed E-state index contributed by atoms with van der Waals surface area (Å²) in [7, 11) is 0. The Balaban J connectivity index is 1.81. The number of hydrogen-bond acceptors (Lipinski definition) is 5. The van der Waals surface area contributed by atoms with Gasteiger partial charge in [-0.15, -0.1) is 0 Å². The molecule has 4 rings (SSSR count). The number of H-pyrrole nitrogens is 1. The van der Waals surface area contributed by atoms with Gasteiger partial charge in [-0.3, -0.25) is 10.1 Å². The van der Waals surface area contributed by atoms with Gasteiger partial charge < -0.3 is 9.52 Å². The average molecular weight is 305 g/mol. The highest BCUT2D eigenvalue weighted by atomic mass is 16.4. The van der Waals surface area contributed by atoms with Crippen LogP contribution in [0.1, 0.15) is 5.56 Å². The first-order chi connectivity index (χ1) is 11.2. The Labute approximate surface area is 129 Å². The fourth-order valence-electron chi connectivity index (χ4n) is 2.41. The average Bonchev–Trinajstić information content (AvgIpc) is 3.02. The fourth-order valence-corrected chi connectivity index (χ4v) is 2.41. The van der Waals surface area contributed by atoms with Gasteiger partial charge >= 0.3 is 5.63 Å². The second-order valence-electron chi connectivity index (χ2n) is 5.05. The number of aromatic nitrogens is 2. The summed E-state index contributed by atoms with van der Waals surface area (Å²) in [5, 5.41) is 18.5. The first-order valence-corrected chi connectivity index (χ1v) is 6.94. The second-order valence-corrected chi connectivity index (χ2v) is 5.05. The van der Waals surface area contributed by atoms with E-state index in [9.17, 15) is 9.90 Å². The SMILES string of the molecule is O=c1oc2ccccc2c(O)c1C=Nc1ccc2cn[nH]c2c1. The van der Waals surface area contributed by atoms with Gasteiger partial charge in [0.2, 0.25) is 0 Å². The third kappa shape index (κ3) is 2.26. The Bertz CT molecular complexity index is 1110. The molecule has 0 amide bonds. The summed E-state index contributed by atoms with van der Waals surface area (Å²) in [5.74, 6) is -0.136. The van der Waals surface area contributed by atoms with Crippen LogP contribution in [-0.2, 0) is 0 Å². The van der Waals surface area contributed by atoms with Crippen LogP contribution in [0.5, 0.6) is 5.75 Å². The van der Waals surface area contributed by atoms with Crippen LogP contribution in [0.25, 0.3) is 21.9 Å². The van der Waals surface area contributed by atoms with Crippen LogP contribution in [0.4, 0.5) is 5.69 Å². The number of nitrogens with zero attached hydrogens (tertiary/aromatic N) is 2. The van der Waals surface area contributed by atoms with Crippen molar-refractivity contribution < 1.29 is 9.52 Å². The van der Waals surface area contributed by atoms with E-state index in [1.165, 1.54) is 6.21 Å². The van der Waals surface area contributed by atoms with Crippen LogP contribution >= 0.6 is 0 Å². The monoisotopic (exact) mass is 305 g/mol. The molecule has 2 heterocycles. The van der Waals surface area contributed by atoms with Gasteiger partial charge in [-0.05, 0) is 30.3 Å². The number of benzene rings is 2. The summed E-state index contributed by atoms with van der Waals surface area (Å²) in [6, 6.07) is 12.3. The normalized spacial score (nSPS) is 11.7. The van der Waals surface area contributed by atoms with Gasteiger partial charge in [0, 0.05) is 11.6 Å². The molecule has 4 aromatic rings. The summed E-state index contributed by atoms with van der Waals surface area (Å²) in [5.41, 5.74) is 1.20. The van der Waals surface area contributed by atoms with Gasteiger partial charge in [-0.1, -0.05) is 12.1 Å². The highest BCUT2D eigenvalue weighted by Gasteiger charge is 2.11. The third-order valence-electron chi connectivity index (χ3n) is 3.59. The molecule has 23 heavy (non-hydrogen) atoms. The maximum Gasteiger partial charge on any atom is 0.348 e. The summed E-state index contributed by atoms with van der Waals surface area (Å²) in [6.07, 6.45) is 3.03. The van der Waals surface area contributed by atoms with E-state index < -0.39 is 5.63 Å². The van der Waals surface area contributed by atoms with Crippen LogP contribution in [-0.4, -0.2) is 21.5 Å². The van der Waals surface area contributed by atoms with Crippen molar-refractivity contribution in [1.82, 2.24) is 10.2 Å². The quantitative estimate of drug-likeness (QED) is 0.439. The Hall–Kier alpha value is -3.41. The van der Waals surface area contributed by atoms with Gasteiger partial charge in [0.15, 0.2) is 0 Å². The molecule has 0 aliphatic rings. The van der Waals surface area contributed by atoms with Crippen LogP contribution in [0.3, 0.4) is 0 Å². The summed E-state index contributed by atoms with van der Waals surface area (Å²) in [4.78, 5) is 16.3. The van der Waals surface area contributed by atoms with Gasteiger partial charge in [0.05, 0.1) is 22.8 Å². The molecule has 0 radical (unpaired) electrons. The van der Waals surface area contributed by atoms with E-state index in [2.05, 4.69) is 15.2 Å². The molecule has 0 saturated heterocycles. The molecule has 0 bridgehead atoms. The standard InChI is InChI=1S/C17H11N3O3/c21-16-12-3-1-2-4-15(12)23-17(22)13(16)9-18-11-6-5-10-8-19-20-14(10)7-11/h1-9,21H,(H,19,20). The molecule has 112 valence electrons. The van der Waals surface area contributed by atoms with E-state index >= 15 is 0 Å². The van der Waals surface area contributed by atoms with Gasteiger partial charge in [-0.25, -0.2) is 4.79 Å². The molecule has 0 spiro atoms. The number of rotatable bonds is 2. The van der Waals surface area contributed by atoms with Crippen molar-refractivity contribution in [1.29, 1.82) is 0 Å². The molecular formula is C17H11N3O3. The van der Waals surface area contributed by atoms with Crippen molar-refractivity contribution >= 4 is 33.8 Å². The number of aromatic hydroxyl groups is 1. The molecule has 2 aromatic carbocycles. The summed E-state index contributed by atoms with van der Waals surface area (Å²) < 4.78 is 5.20. The van der Waals surface area contributed by atoms with Crippen molar-refractivity contribution in [3.8, 4) is 5.75 Å². The number of aliphatic imine (C=N–C) groups is 1. The lowest BCUT2D eigenvalue weighted by Crippen LogP contribution is -2.06. The molecule has 6 heteroatoms. The van der Waals surface area contributed by atoms with E-state index in [0.29, 0.717) is 16.7 Å². The molecule has 2 N–H and O–H groups in total. The first kappa shape index (κ1) is 13.3. The fraction of sp³-hybridized carbons (Fsp3) is 0. The largest absolute Gasteiger partial charge is 0.506 e. The van der Waals surface area contributed by atoms with Crippen molar-refractivity contribution in [2.75, 3.05) is 0 Å². The Morgan fingerprint density at radius 2 is 2.09 bits per heavy atom. The topological polar surface area (TPSA) is 91.5 Å². The Kier molecular flexibility index (Phi) is 2.94. The number of hydrogen-bond donors (Lipinski definition) is 2. The zero-order valence-corrected chi connectivity index (χ0v) is 11.9. The van der Waals surface area contributed by atoms with E-state index in [4.69, 9.17) is 4.42 Å². The number of fused-ring (bicyclic) bond motifs is 2. The molecule has 0 saturated carbocycles. The highest BCUT2D eigenvalue weighted by molar-refractivity contribution is 5.94. The summed E-state index contributed by atoms with van der Waals surface area (Å²) >= 11 is 0. The molecule has 0 aliphatic heterocycles. The zero-order valence-electron chi connectivity index (χ0n) is 11.9. The lowest BCUT2D eigenvalue weighted by Gasteiger charge is -2.02. The zero-order chi connectivity index (χ0) is 15.8. The molecule has 6 nitrogen and oxygen atoms in total. The second kappa shape index (κ2) is 5.10. The number of para-hydroxylation sites is 1. The Morgan fingerprint density at radius 1 is 1.22 bits per heavy atom. The van der Waals surface area contributed by atoms with E-state index in [0.717, 1.165) is 10.9 Å². The first-order valence-electron chi connectivity index (χ1n) is 6.94. The smallest absolute Gasteiger partial charge is 0.348 e. The van der Waals surface area contributed by atoms with Gasteiger partial charge in [0.25, 0.3) is 0 Å². The number of aromatic amines is 1. The minimum Gasteiger partial charge on any atom is -0.506 e. The highest BCUT2D eigenvalue weighted by Crippen LogP contribution is 2.25. The van der Waals surface area contributed by atoms with Crippen LogP contribution in [0.2, 0.25) is 0 Å². The Morgan fingerprint density at radius 3 is 3.00 bits per heavy atom. The predicted octanol–water partition coefficient (Wildman–Crippen LogP) is 3.13. The van der Waals surface area contributed by atoms with E-state index in [1.807, 2.05) is 6.07 Å². The molecular weight excluding hydrogens is 294 g/mol.